The Morgan fingerprint density at radius 1 is 1.06 bits per heavy atom. The fourth-order valence-corrected chi connectivity index (χ4v) is 1.39. The van der Waals surface area contributed by atoms with Crippen molar-refractivity contribution in [3.05, 3.63) is 29.3 Å². The lowest BCUT2D eigenvalue weighted by atomic mass is 10.0. The Hall–Kier alpha value is -1.97. The van der Waals surface area contributed by atoms with Gasteiger partial charge in [-0.2, -0.15) is 0 Å². The van der Waals surface area contributed by atoms with Crippen LogP contribution in [0.2, 0.25) is 0 Å². The largest absolute Gasteiger partial charge is 0.427 e. The van der Waals surface area contributed by atoms with Gasteiger partial charge >= 0.3 is 5.97 Å². The monoisotopic (exact) mass is 234 g/mol. The van der Waals surface area contributed by atoms with Crippen LogP contribution < -0.4 is 4.74 Å². The van der Waals surface area contributed by atoms with Crippen LogP contribution in [0.1, 0.15) is 47.9 Å². The molecule has 0 fully saturated rings. The summed E-state index contributed by atoms with van der Waals surface area (Å²) in [7, 11) is 0. The number of rotatable bonds is 4. The Morgan fingerprint density at radius 3 is 2.12 bits per heavy atom. The Labute approximate surface area is 99.6 Å². The van der Waals surface area contributed by atoms with Gasteiger partial charge in [0.05, 0.1) is 0 Å². The van der Waals surface area contributed by atoms with E-state index in [4.69, 9.17) is 4.74 Å². The first-order valence-corrected chi connectivity index (χ1v) is 5.32. The molecule has 4 heteroatoms. The first-order valence-electron chi connectivity index (χ1n) is 5.32. The van der Waals surface area contributed by atoms with Crippen molar-refractivity contribution in [1.82, 2.24) is 0 Å². The quantitative estimate of drug-likeness (QED) is 0.456. The van der Waals surface area contributed by atoms with E-state index in [0.29, 0.717) is 5.56 Å². The molecule has 0 spiro atoms. The summed E-state index contributed by atoms with van der Waals surface area (Å²) in [5.74, 6) is -0.518. The van der Waals surface area contributed by atoms with Gasteiger partial charge in [-0.3, -0.25) is 14.4 Å². The van der Waals surface area contributed by atoms with Crippen molar-refractivity contribution in [2.24, 2.45) is 0 Å². The first-order chi connectivity index (χ1) is 7.95. The third-order valence-corrected chi connectivity index (χ3v) is 2.27. The average molecular weight is 234 g/mol. The summed E-state index contributed by atoms with van der Waals surface area (Å²) in [6.07, 6.45) is 0.254. The molecule has 0 heterocycles. The van der Waals surface area contributed by atoms with Crippen molar-refractivity contribution in [1.29, 1.82) is 0 Å². The highest BCUT2D eigenvalue weighted by Crippen LogP contribution is 2.19. The Kier molecular flexibility index (Phi) is 4.15. The average Bonchev–Trinajstić information content (AvgIpc) is 2.28. The van der Waals surface area contributed by atoms with Gasteiger partial charge in [-0.05, 0) is 32.0 Å². The fourth-order valence-electron chi connectivity index (χ4n) is 1.39. The molecule has 1 aromatic carbocycles. The molecule has 0 atom stereocenters. The van der Waals surface area contributed by atoms with E-state index in [-0.39, 0.29) is 35.3 Å². The molecule has 0 aromatic heterocycles. The normalized spacial score (nSPS) is 9.82. The smallest absolute Gasteiger partial charge is 0.310 e. The molecule has 0 aliphatic rings. The number of Topliss-reactive ketones (excluding diaryl/α,β-unsaturated/α-hetero) is 2. The standard InChI is InChI=1S/C13H14O4/c1-4-13(16)17-10-5-6-11(8(2)14)12(7-10)9(3)15/h5-7H,4H2,1-3H3. The van der Waals surface area contributed by atoms with Crippen LogP contribution in [0.25, 0.3) is 0 Å². The molecule has 0 amide bonds. The minimum absolute atomic E-state index is 0.191. The van der Waals surface area contributed by atoms with Crippen LogP contribution >= 0.6 is 0 Å². The first kappa shape index (κ1) is 13.1. The third-order valence-electron chi connectivity index (χ3n) is 2.27. The molecule has 0 aliphatic carbocycles. The summed E-state index contributed by atoms with van der Waals surface area (Å²) in [6.45, 7) is 4.44. The van der Waals surface area contributed by atoms with Gasteiger partial charge in [-0.1, -0.05) is 6.92 Å². The molecular weight excluding hydrogens is 220 g/mol. The molecule has 1 aromatic rings. The number of benzene rings is 1. The van der Waals surface area contributed by atoms with Gasteiger partial charge in [0.15, 0.2) is 11.6 Å². The lowest BCUT2D eigenvalue weighted by Gasteiger charge is -2.07. The number of esters is 1. The zero-order valence-corrected chi connectivity index (χ0v) is 10.1. The van der Waals surface area contributed by atoms with Gasteiger partial charge in [0.1, 0.15) is 5.75 Å². The van der Waals surface area contributed by atoms with Crippen LogP contribution in [0.3, 0.4) is 0 Å². The van der Waals surface area contributed by atoms with Gasteiger partial charge in [-0.25, -0.2) is 0 Å². The van der Waals surface area contributed by atoms with E-state index < -0.39 is 0 Å². The zero-order chi connectivity index (χ0) is 13.0. The third kappa shape index (κ3) is 3.24. The van der Waals surface area contributed by atoms with Crippen LogP contribution in [0.5, 0.6) is 5.75 Å². The van der Waals surface area contributed by atoms with Crippen molar-refractivity contribution in [2.75, 3.05) is 0 Å². The van der Waals surface area contributed by atoms with Crippen molar-refractivity contribution < 1.29 is 19.1 Å². The van der Waals surface area contributed by atoms with E-state index in [1.54, 1.807) is 6.92 Å². The second-order valence-electron chi connectivity index (χ2n) is 3.65. The predicted octanol–water partition coefficient (Wildman–Crippen LogP) is 2.41. The molecule has 1 rings (SSSR count). The minimum Gasteiger partial charge on any atom is -0.427 e. The Balaban J connectivity index is 3.14. The molecule has 90 valence electrons. The predicted molar refractivity (Wildman–Crippen MR) is 62.4 cm³/mol. The molecule has 17 heavy (non-hydrogen) atoms. The van der Waals surface area contributed by atoms with Gasteiger partial charge in [0, 0.05) is 17.5 Å². The number of ketones is 2. The molecular formula is C13H14O4. The molecule has 0 saturated heterocycles. The van der Waals surface area contributed by atoms with Crippen LogP contribution in [-0.2, 0) is 4.79 Å². The number of hydrogen-bond acceptors (Lipinski definition) is 4. The summed E-state index contributed by atoms with van der Waals surface area (Å²) < 4.78 is 4.99. The van der Waals surface area contributed by atoms with E-state index in [1.165, 1.54) is 32.0 Å². The molecule has 0 radical (unpaired) electrons. The van der Waals surface area contributed by atoms with Crippen LogP contribution in [-0.4, -0.2) is 17.5 Å². The molecule has 4 nitrogen and oxygen atoms in total. The highest BCUT2D eigenvalue weighted by molar-refractivity contribution is 6.07. The summed E-state index contributed by atoms with van der Waals surface area (Å²) in [6, 6.07) is 4.43. The number of carbonyl (C=O) groups excluding carboxylic acids is 3. The Bertz CT molecular complexity index is 474. The zero-order valence-electron chi connectivity index (χ0n) is 10.1. The molecule has 0 aliphatic heterocycles. The molecule has 0 N–H and O–H groups in total. The van der Waals surface area contributed by atoms with Crippen LogP contribution in [0, 0.1) is 0 Å². The summed E-state index contributed by atoms with van der Waals surface area (Å²) in [4.78, 5) is 33.8. The second kappa shape index (κ2) is 5.39. The highest BCUT2D eigenvalue weighted by atomic mass is 16.5. The summed E-state index contributed by atoms with van der Waals surface area (Å²) in [5.41, 5.74) is 0.618. The van der Waals surface area contributed by atoms with Gasteiger partial charge < -0.3 is 4.74 Å². The maximum atomic E-state index is 11.4. The number of ether oxygens (including phenoxy) is 1. The highest BCUT2D eigenvalue weighted by Gasteiger charge is 2.13. The molecule has 0 bridgehead atoms. The lowest BCUT2D eigenvalue weighted by molar-refractivity contribution is -0.134. The SMILES string of the molecule is CCC(=O)Oc1ccc(C(C)=O)c(C(C)=O)c1. The van der Waals surface area contributed by atoms with E-state index in [0.717, 1.165) is 0 Å². The van der Waals surface area contributed by atoms with Gasteiger partial charge in [-0.15, -0.1) is 0 Å². The van der Waals surface area contributed by atoms with E-state index in [2.05, 4.69) is 0 Å². The molecule has 0 unspecified atom stereocenters. The topological polar surface area (TPSA) is 60.4 Å². The van der Waals surface area contributed by atoms with Crippen molar-refractivity contribution in [2.45, 2.75) is 27.2 Å². The lowest BCUT2D eigenvalue weighted by Crippen LogP contribution is -2.08. The Morgan fingerprint density at radius 2 is 1.65 bits per heavy atom. The number of carbonyl (C=O) groups is 3. The van der Waals surface area contributed by atoms with E-state index in [1.807, 2.05) is 0 Å². The number of hydrogen-bond donors (Lipinski definition) is 0. The van der Waals surface area contributed by atoms with Crippen molar-refractivity contribution >= 4 is 17.5 Å². The van der Waals surface area contributed by atoms with Gasteiger partial charge in [0.2, 0.25) is 0 Å². The van der Waals surface area contributed by atoms with Crippen LogP contribution in [0.4, 0.5) is 0 Å². The van der Waals surface area contributed by atoms with Crippen molar-refractivity contribution in [3.8, 4) is 5.75 Å². The maximum Gasteiger partial charge on any atom is 0.310 e. The van der Waals surface area contributed by atoms with E-state index in [9.17, 15) is 14.4 Å². The van der Waals surface area contributed by atoms with Crippen LogP contribution in [0.15, 0.2) is 18.2 Å². The van der Waals surface area contributed by atoms with Gasteiger partial charge in [0.25, 0.3) is 0 Å². The maximum absolute atomic E-state index is 11.4. The summed E-state index contributed by atoms with van der Waals surface area (Å²) in [5, 5.41) is 0. The molecule has 0 saturated carbocycles. The van der Waals surface area contributed by atoms with E-state index >= 15 is 0 Å². The van der Waals surface area contributed by atoms with Crippen molar-refractivity contribution in [3.63, 3.8) is 0 Å². The summed E-state index contributed by atoms with van der Waals surface area (Å²) >= 11 is 0. The minimum atomic E-state index is -0.380. The fraction of sp³-hybridized carbons (Fsp3) is 0.308. The second-order valence-corrected chi connectivity index (χ2v) is 3.65.